The molecular weight excluding hydrogens is 426 g/mol. The first-order chi connectivity index (χ1) is 15.6. The number of fused-ring (bicyclic) bond motifs is 1. The Morgan fingerprint density at radius 3 is 2.72 bits per heavy atom. The Morgan fingerprint density at radius 1 is 1.16 bits per heavy atom. The van der Waals surface area contributed by atoms with E-state index in [1.165, 1.54) is 16.3 Å². The van der Waals surface area contributed by atoms with Crippen LogP contribution >= 0.6 is 11.8 Å². The van der Waals surface area contributed by atoms with Crippen molar-refractivity contribution >= 4 is 28.6 Å². The molecule has 1 N–H and O–H groups in total. The summed E-state index contributed by atoms with van der Waals surface area (Å²) in [5.74, 6) is 1.06. The zero-order valence-corrected chi connectivity index (χ0v) is 18.6. The first-order valence-corrected chi connectivity index (χ1v) is 11.2. The summed E-state index contributed by atoms with van der Waals surface area (Å²) >= 11 is 1.22. The van der Waals surface area contributed by atoms with Crippen LogP contribution in [-0.2, 0) is 11.3 Å². The first kappa shape index (κ1) is 21.7. The lowest BCUT2D eigenvalue weighted by Gasteiger charge is -2.18. The van der Waals surface area contributed by atoms with Crippen LogP contribution in [0, 0.1) is 0 Å². The highest BCUT2D eigenvalue weighted by Gasteiger charge is 2.21. The molecule has 1 amide bonds. The van der Waals surface area contributed by atoms with E-state index in [4.69, 9.17) is 14.1 Å². The summed E-state index contributed by atoms with van der Waals surface area (Å²) in [5.41, 5.74) is 0.949. The number of carbonyl (C=O) groups excluding carboxylic acids is 1. The molecule has 0 spiro atoms. The van der Waals surface area contributed by atoms with E-state index in [9.17, 15) is 9.59 Å². The predicted molar refractivity (Wildman–Crippen MR) is 124 cm³/mol. The van der Waals surface area contributed by atoms with Gasteiger partial charge >= 0.3 is 0 Å². The quantitative estimate of drug-likeness (QED) is 0.321. The molecule has 0 unspecified atom stereocenters. The molecule has 0 radical (unpaired) electrons. The number of furan rings is 1. The highest BCUT2D eigenvalue weighted by molar-refractivity contribution is 8.00. The first-order valence-electron chi connectivity index (χ1n) is 10.3. The number of thioether (sulfide) groups is 1. The van der Waals surface area contributed by atoms with Gasteiger partial charge in [0.2, 0.25) is 5.91 Å². The molecule has 0 fully saturated rings. The second kappa shape index (κ2) is 9.74. The molecule has 4 rings (SSSR count). The summed E-state index contributed by atoms with van der Waals surface area (Å²) < 4.78 is 12.5. The molecule has 0 aliphatic rings. The zero-order chi connectivity index (χ0) is 22.5. The molecule has 2 aromatic heterocycles. The highest BCUT2D eigenvalue weighted by Crippen LogP contribution is 2.29. The average Bonchev–Trinajstić information content (AvgIpc) is 3.32. The maximum Gasteiger partial charge on any atom is 0.266 e. The lowest BCUT2D eigenvalue weighted by molar-refractivity contribution is -0.120. The lowest BCUT2D eigenvalue weighted by atomic mass is 10.2. The van der Waals surface area contributed by atoms with E-state index in [2.05, 4.69) is 5.32 Å². The SMILES string of the molecule is CCOc1ccccc1-n1c(S[C@@H](C)C(=O)NCc2ccco2)nc2ccccc2c1=O. The Balaban J connectivity index is 1.72. The molecule has 7 nitrogen and oxygen atoms in total. The van der Waals surface area contributed by atoms with Crippen LogP contribution < -0.4 is 15.6 Å². The second-order valence-corrected chi connectivity index (χ2v) is 8.32. The van der Waals surface area contributed by atoms with Crippen molar-refractivity contribution in [3.63, 3.8) is 0 Å². The molecule has 2 aromatic carbocycles. The Kier molecular flexibility index (Phi) is 6.61. The van der Waals surface area contributed by atoms with Crippen molar-refractivity contribution in [2.75, 3.05) is 6.61 Å². The normalized spacial score (nSPS) is 11.9. The Labute approximate surface area is 189 Å². The molecule has 0 bridgehead atoms. The van der Waals surface area contributed by atoms with Gasteiger partial charge in [-0.25, -0.2) is 4.98 Å². The fourth-order valence-corrected chi connectivity index (χ4v) is 4.21. The Morgan fingerprint density at radius 2 is 1.94 bits per heavy atom. The maximum atomic E-state index is 13.5. The van der Waals surface area contributed by atoms with Gasteiger partial charge in [0.15, 0.2) is 5.16 Å². The number of hydrogen-bond acceptors (Lipinski definition) is 6. The van der Waals surface area contributed by atoms with Gasteiger partial charge in [0.25, 0.3) is 5.56 Å². The van der Waals surface area contributed by atoms with Gasteiger partial charge in [-0.05, 0) is 50.2 Å². The lowest BCUT2D eigenvalue weighted by Crippen LogP contribution is -2.31. The van der Waals surface area contributed by atoms with Gasteiger partial charge in [0.05, 0.1) is 41.3 Å². The van der Waals surface area contributed by atoms with Crippen LogP contribution in [0.2, 0.25) is 0 Å². The fraction of sp³-hybridized carbons (Fsp3) is 0.208. The van der Waals surface area contributed by atoms with E-state index in [0.29, 0.717) is 46.4 Å². The van der Waals surface area contributed by atoms with Crippen molar-refractivity contribution in [2.45, 2.75) is 30.8 Å². The van der Waals surface area contributed by atoms with E-state index in [-0.39, 0.29) is 11.5 Å². The van der Waals surface area contributed by atoms with Crippen LogP contribution in [0.3, 0.4) is 0 Å². The van der Waals surface area contributed by atoms with Crippen molar-refractivity contribution in [3.05, 3.63) is 83.0 Å². The fourth-order valence-electron chi connectivity index (χ4n) is 3.27. The molecule has 8 heteroatoms. The van der Waals surface area contributed by atoms with Crippen LogP contribution in [0.5, 0.6) is 5.75 Å². The summed E-state index contributed by atoms with van der Waals surface area (Å²) in [5, 5.41) is 3.27. The number of carbonyl (C=O) groups is 1. The largest absolute Gasteiger partial charge is 0.492 e. The number of nitrogens with one attached hydrogen (secondary N) is 1. The summed E-state index contributed by atoms with van der Waals surface area (Å²) in [6, 6.07) is 18.1. The maximum absolute atomic E-state index is 13.5. The van der Waals surface area contributed by atoms with E-state index < -0.39 is 5.25 Å². The van der Waals surface area contributed by atoms with Crippen molar-refractivity contribution in [3.8, 4) is 11.4 Å². The topological polar surface area (TPSA) is 86.4 Å². The number of amides is 1. The number of aromatic nitrogens is 2. The van der Waals surface area contributed by atoms with Crippen LogP contribution in [0.25, 0.3) is 16.6 Å². The third kappa shape index (κ3) is 4.55. The molecule has 0 saturated heterocycles. The summed E-state index contributed by atoms with van der Waals surface area (Å²) in [6.07, 6.45) is 1.56. The highest BCUT2D eigenvalue weighted by atomic mass is 32.2. The molecule has 0 aliphatic carbocycles. The number of ether oxygens (including phenoxy) is 1. The van der Waals surface area contributed by atoms with E-state index in [1.54, 1.807) is 37.5 Å². The number of rotatable bonds is 8. The summed E-state index contributed by atoms with van der Waals surface area (Å²) in [6.45, 7) is 4.42. The second-order valence-electron chi connectivity index (χ2n) is 7.01. The smallest absolute Gasteiger partial charge is 0.266 e. The van der Waals surface area contributed by atoms with Gasteiger partial charge in [0.1, 0.15) is 11.5 Å². The number of para-hydroxylation sites is 3. The summed E-state index contributed by atoms with van der Waals surface area (Å²) in [7, 11) is 0. The van der Waals surface area contributed by atoms with Crippen molar-refractivity contribution in [1.29, 1.82) is 0 Å². The van der Waals surface area contributed by atoms with Gasteiger partial charge < -0.3 is 14.5 Å². The van der Waals surface area contributed by atoms with E-state index >= 15 is 0 Å². The monoisotopic (exact) mass is 449 g/mol. The molecule has 164 valence electrons. The van der Waals surface area contributed by atoms with Gasteiger partial charge in [-0.1, -0.05) is 36.0 Å². The minimum atomic E-state index is -0.497. The van der Waals surface area contributed by atoms with Crippen LogP contribution in [0.4, 0.5) is 0 Å². The molecule has 0 saturated carbocycles. The Bertz CT molecular complexity index is 1280. The van der Waals surface area contributed by atoms with Crippen LogP contribution in [0.1, 0.15) is 19.6 Å². The van der Waals surface area contributed by atoms with Crippen LogP contribution in [-0.4, -0.2) is 27.3 Å². The minimum Gasteiger partial charge on any atom is -0.492 e. The van der Waals surface area contributed by atoms with Crippen molar-refractivity contribution in [1.82, 2.24) is 14.9 Å². The average molecular weight is 450 g/mol. The third-order valence-electron chi connectivity index (χ3n) is 4.82. The number of nitrogens with zero attached hydrogens (tertiary/aromatic N) is 2. The molecule has 1 atom stereocenters. The summed E-state index contributed by atoms with van der Waals surface area (Å²) in [4.78, 5) is 30.9. The molecular formula is C24H23N3O4S. The van der Waals surface area contributed by atoms with E-state index in [0.717, 1.165) is 0 Å². The third-order valence-corrected chi connectivity index (χ3v) is 5.87. The molecule has 0 aliphatic heterocycles. The van der Waals surface area contributed by atoms with Crippen molar-refractivity contribution in [2.24, 2.45) is 0 Å². The van der Waals surface area contributed by atoms with Crippen LogP contribution in [0.15, 0.2) is 81.3 Å². The van der Waals surface area contributed by atoms with E-state index in [1.807, 2.05) is 43.3 Å². The number of benzene rings is 2. The zero-order valence-electron chi connectivity index (χ0n) is 17.8. The molecule has 32 heavy (non-hydrogen) atoms. The predicted octanol–water partition coefficient (Wildman–Crippen LogP) is 4.17. The minimum absolute atomic E-state index is 0.182. The Hall–Kier alpha value is -3.52. The standard InChI is InChI=1S/C24H23N3O4S/c1-3-30-21-13-7-6-12-20(21)27-23(29)18-10-4-5-11-19(18)26-24(27)32-16(2)22(28)25-15-17-9-8-14-31-17/h4-14,16H,3,15H2,1-2H3,(H,25,28)/t16-/m0/s1. The molecule has 4 aromatic rings. The van der Waals surface area contributed by atoms with Gasteiger partial charge in [-0.15, -0.1) is 0 Å². The molecule has 2 heterocycles. The van der Waals surface area contributed by atoms with Gasteiger partial charge in [0, 0.05) is 0 Å². The van der Waals surface area contributed by atoms with Crippen molar-refractivity contribution < 1.29 is 13.9 Å². The van der Waals surface area contributed by atoms with Gasteiger partial charge in [-0.3, -0.25) is 14.2 Å². The number of hydrogen-bond donors (Lipinski definition) is 1. The van der Waals surface area contributed by atoms with Gasteiger partial charge in [-0.2, -0.15) is 0 Å².